The first-order valence-electron chi connectivity index (χ1n) is 8.30. The Morgan fingerprint density at radius 2 is 1.88 bits per heavy atom. The molecule has 2 aromatic rings. The average molecular weight is 328 g/mol. The highest BCUT2D eigenvalue weighted by molar-refractivity contribution is 5.79. The van der Waals surface area contributed by atoms with Crippen molar-refractivity contribution >= 4 is 5.96 Å². The number of benzene rings is 1. The molecule has 24 heavy (non-hydrogen) atoms. The van der Waals surface area contributed by atoms with Crippen LogP contribution in [0.25, 0.3) is 0 Å². The molecule has 0 aliphatic heterocycles. The Balaban J connectivity index is 1.81. The minimum atomic E-state index is -0.0858. The van der Waals surface area contributed by atoms with Crippen LogP contribution in [0.4, 0.5) is 0 Å². The Hall–Kier alpha value is -2.27. The lowest BCUT2D eigenvalue weighted by Gasteiger charge is -2.31. The maximum absolute atomic E-state index is 5.32. The molecule has 0 saturated carbocycles. The van der Waals surface area contributed by atoms with Crippen molar-refractivity contribution < 1.29 is 4.42 Å². The van der Waals surface area contributed by atoms with Crippen LogP contribution in [0.1, 0.15) is 38.1 Å². The van der Waals surface area contributed by atoms with E-state index >= 15 is 0 Å². The molecule has 1 aromatic heterocycles. The van der Waals surface area contributed by atoms with E-state index in [0.717, 1.165) is 18.3 Å². The third-order valence-electron chi connectivity index (χ3n) is 3.84. The van der Waals surface area contributed by atoms with E-state index in [4.69, 9.17) is 4.42 Å². The zero-order valence-corrected chi connectivity index (χ0v) is 15.0. The van der Waals surface area contributed by atoms with Gasteiger partial charge in [0.15, 0.2) is 5.96 Å². The number of rotatable bonds is 7. The SMILES string of the molecule is CN=C(NCc1ccco1)NCC(C)(C)NC(C)c1ccccc1. The normalized spacial score (nSPS) is 13.6. The molecule has 0 bridgehead atoms. The highest BCUT2D eigenvalue weighted by atomic mass is 16.3. The maximum Gasteiger partial charge on any atom is 0.191 e. The van der Waals surface area contributed by atoms with Gasteiger partial charge >= 0.3 is 0 Å². The molecule has 0 radical (unpaired) electrons. The molecule has 0 aliphatic rings. The summed E-state index contributed by atoms with van der Waals surface area (Å²) in [5, 5.41) is 10.3. The molecule has 5 nitrogen and oxygen atoms in total. The first-order chi connectivity index (χ1) is 11.5. The standard InChI is InChI=1S/C19H28N4O/c1-15(16-9-6-5-7-10-16)23-19(2,3)14-22-18(20-4)21-13-17-11-8-12-24-17/h5-12,15,23H,13-14H2,1-4H3,(H2,20,21,22). The fourth-order valence-corrected chi connectivity index (χ4v) is 2.57. The molecule has 0 spiro atoms. The second-order valence-corrected chi connectivity index (χ2v) is 6.52. The molecule has 1 aromatic carbocycles. The van der Waals surface area contributed by atoms with Crippen LogP contribution >= 0.6 is 0 Å². The van der Waals surface area contributed by atoms with E-state index in [1.807, 2.05) is 18.2 Å². The number of nitrogens with zero attached hydrogens (tertiary/aromatic N) is 1. The second-order valence-electron chi connectivity index (χ2n) is 6.52. The summed E-state index contributed by atoms with van der Waals surface area (Å²) in [6, 6.07) is 14.6. The van der Waals surface area contributed by atoms with Gasteiger partial charge in [-0.25, -0.2) is 0 Å². The maximum atomic E-state index is 5.32. The van der Waals surface area contributed by atoms with Gasteiger partial charge in [-0.15, -0.1) is 0 Å². The third-order valence-corrected chi connectivity index (χ3v) is 3.84. The van der Waals surface area contributed by atoms with Gasteiger partial charge in [-0.05, 0) is 38.5 Å². The first kappa shape index (κ1) is 18.1. The molecule has 130 valence electrons. The van der Waals surface area contributed by atoms with Gasteiger partial charge in [-0.1, -0.05) is 30.3 Å². The van der Waals surface area contributed by atoms with Gasteiger partial charge in [0.05, 0.1) is 12.8 Å². The van der Waals surface area contributed by atoms with Crippen molar-refractivity contribution in [1.29, 1.82) is 0 Å². The number of hydrogen-bond acceptors (Lipinski definition) is 3. The molecular formula is C19H28N4O. The first-order valence-corrected chi connectivity index (χ1v) is 8.30. The summed E-state index contributed by atoms with van der Waals surface area (Å²) >= 11 is 0. The Kier molecular flexibility index (Phi) is 6.44. The van der Waals surface area contributed by atoms with Gasteiger partial charge in [0.2, 0.25) is 0 Å². The topological polar surface area (TPSA) is 61.6 Å². The zero-order chi connectivity index (χ0) is 17.4. The molecule has 2 rings (SSSR count). The second kappa shape index (κ2) is 8.55. The lowest BCUT2D eigenvalue weighted by Crippen LogP contribution is -2.52. The number of aliphatic imine (C=N–C) groups is 1. The van der Waals surface area contributed by atoms with Crippen LogP contribution < -0.4 is 16.0 Å². The lowest BCUT2D eigenvalue weighted by molar-refractivity contribution is 0.344. The van der Waals surface area contributed by atoms with Crippen molar-refractivity contribution in [2.24, 2.45) is 4.99 Å². The smallest absolute Gasteiger partial charge is 0.191 e. The number of guanidine groups is 1. The largest absolute Gasteiger partial charge is 0.467 e. The molecule has 1 atom stereocenters. The fourth-order valence-electron chi connectivity index (χ4n) is 2.57. The van der Waals surface area contributed by atoms with Crippen LogP contribution in [0.15, 0.2) is 58.1 Å². The monoisotopic (exact) mass is 328 g/mol. The quantitative estimate of drug-likeness (QED) is 0.540. The van der Waals surface area contributed by atoms with Gasteiger partial charge < -0.3 is 20.4 Å². The van der Waals surface area contributed by atoms with E-state index < -0.39 is 0 Å². The van der Waals surface area contributed by atoms with Crippen LogP contribution in [0.5, 0.6) is 0 Å². The molecular weight excluding hydrogens is 300 g/mol. The third kappa shape index (κ3) is 5.74. The van der Waals surface area contributed by atoms with Crippen molar-refractivity contribution in [1.82, 2.24) is 16.0 Å². The van der Waals surface area contributed by atoms with Crippen molar-refractivity contribution in [3.63, 3.8) is 0 Å². The summed E-state index contributed by atoms with van der Waals surface area (Å²) in [6.45, 7) is 7.91. The predicted octanol–water partition coefficient (Wildman–Crippen LogP) is 3.07. The van der Waals surface area contributed by atoms with Gasteiger partial charge in [0.1, 0.15) is 5.76 Å². The molecule has 0 saturated heterocycles. The summed E-state index contributed by atoms with van der Waals surface area (Å²) in [5.41, 5.74) is 1.20. The van der Waals surface area contributed by atoms with Gasteiger partial charge in [0, 0.05) is 25.2 Å². The van der Waals surface area contributed by atoms with Crippen LogP contribution in [-0.2, 0) is 6.54 Å². The van der Waals surface area contributed by atoms with E-state index in [-0.39, 0.29) is 11.6 Å². The highest BCUT2D eigenvalue weighted by Gasteiger charge is 2.21. The Labute approximate surface area is 144 Å². The summed E-state index contributed by atoms with van der Waals surface area (Å²) < 4.78 is 5.32. The highest BCUT2D eigenvalue weighted by Crippen LogP contribution is 2.15. The van der Waals surface area contributed by atoms with E-state index in [9.17, 15) is 0 Å². The Morgan fingerprint density at radius 1 is 1.12 bits per heavy atom. The Bertz CT molecular complexity index is 620. The minimum absolute atomic E-state index is 0.0858. The van der Waals surface area contributed by atoms with E-state index in [0.29, 0.717) is 6.54 Å². The number of hydrogen-bond donors (Lipinski definition) is 3. The Morgan fingerprint density at radius 3 is 2.50 bits per heavy atom. The molecule has 0 aliphatic carbocycles. The van der Waals surface area contributed by atoms with Crippen molar-refractivity contribution in [2.75, 3.05) is 13.6 Å². The van der Waals surface area contributed by atoms with Gasteiger partial charge in [0.25, 0.3) is 0 Å². The van der Waals surface area contributed by atoms with Crippen LogP contribution in [-0.4, -0.2) is 25.1 Å². The minimum Gasteiger partial charge on any atom is -0.467 e. The van der Waals surface area contributed by atoms with E-state index in [1.165, 1.54) is 5.56 Å². The molecule has 5 heteroatoms. The molecule has 0 amide bonds. The summed E-state index contributed by atoms with van der Waals surface area (Å²) in [5.74, 6) is 1.64. The number of furan rings is 1. The van der Waals surface area contributed by atoms with Crippen molar-refractivity contribution in [3.05, 3.63) is 60.1 Å². The predicted molar refractivity (Wildman–Crippen MR) is 99.0 cm³/mol. The molecule has 1 heterocycles. The van der Waals surface area contributed by atoms with E-state index in [1.54, 1.807) is 13.3 Å². The molecule has 3 N–H and O–H groups in total. The van der Waals surface area contributed by atoms with Crippen LogP contribution in [0, 0.1) is 0 Å². The average Bonchev–Trinajstić information content (AvgIpc) is 3.09. The molecule has 0 fully saturated rings. The van der Waals surface area contributed by atoms with Crippen molar-refractivity contribution in [3.8, 4) is 0 Å². The fraction of sp³-hybridized carbons (Fsp3) is 0.421. The van der Waals surface area contributed by atoms with E-state index in [2.05, 4.69) is 66.0 Å². The zero-order valence-electron chi connectivity index (χ0n) is 15.0. The van der Waals surface area contributed by atoms with Gasteiger partial charge in [-0.3, -0.25) is 4.99 Å². The number of nitrogens with one attached hydrogen (secondary N) is 3. The van der Waals surface area contributed by atoms with Gasteiger partial charge in [-0.2, -0.15) is 0 Å². The van der Waals surface area contributed by atoms with Crippen molar-refractivity contribution in [2.45, 2.75) is 38.9 Å². The van der Waals surface area contributed by atoms with Crippen LogP contribution in [0.2, 0.25) is 0 Å². The summed E-state index contributed by atoms with van der Waals surface area (Å²) in [6.07, 6.45) is 1.67. The van der Waals surface area contributed by atoms with Crippen LogP contribution in [0.3, 0.4) is 0 Å². The summed E-state index contributed by atoms with van der Waals surface area (Å²) in [7, 11) is 1.77. The lowest BCUT2D eigenvalue weighted by atomic mass is 10.0. The summed E-state index contributed by atoms with van der Waals surface area (Å²) in [4.78, 5) is 4.25. The molecule has 1 unspecified atom stereocenters.